The van der Waals surface area contributed by atoms with Crippen molar-refractivity contribution in [1.29, 1.82) is 0 Å². The first-order valence-electron chi connectivity index (χ1n) is 9.93. The van der Waals surface area contributed by atoms with Crippen LogP contribution in [-0.2, 0) is 11.2 Å². The van der Waals surface area contributed by atoms with Crippen LogP contribution in [0.15, 0.2) is 30.3 Å². The van der Waals surface area contributed by atoms with Gasteiger partial charge in [-0.2, -0.15) is 0 Å². The molecule has 0 radical (unpaired) electrons. The van der Waals surface area contributed by atoms with E-state index in [0.717, 1.165) is 50.0 Å². The van der Waals surface area contributed by atoms with Crippen molar-refractivity contribution < 1.29 is 19.8 Å². The Kier molecular flexibility index (Phi) is 9.70. The second-order valence-electron chi connectivity index (χ2n) is 7.23. The number of hydrogen-bond acceptors (Lipinski definition) is 4. The standard InChI is InChI=1S/C21H31NO4S/c23-19(16-17-8-4-3-5-9-17)12-11-18-13-15-27-21(26)22(18)14-7-2-1-6-10-20(24)25/h3-5,8-9,18-19,23H,1-2,6-7,10-16H2,(H,24,25)/t18-,19?/m0/s1. The van der Waals surface area contributed by atoms with Gasteiger partial charge >= 0.3 is 5.97 Å². The highest BCUT2D eigenvalue weighted by molar-refractivity contribution is 8.13. The summed E-state index contributed by atoms with van der Waals surface area (Å²) >= 11 is 1.39. The molecule has 0 spiro atoms. The van der Waals surface area contributed by atoms with E-state index in [2.05, 4.69) is 0 Å². The minimum atomic E-state index is -0.744. The first-order chi connectivity index (χ1) is 13.1. The number of amides is 1. The van der Waals surface area contributed by atoms with Crippen molar-refractivity contribution in [1.82, 2.24) is 4.90 Å². The van der Waals surface area contributed by atoms with Gasteiger partial charge in [-0.05, 0) is 44.1 Å². The summed E-state index contributed by atoms with van der Waals surface area (Å²) in [6.07, 6.45) is 6.46. The molecule has 2 rings (SSSR count). The van der Waals surface area contributed by atoms with Crippen LogP contribution >= 0.6 is 11.8 Å². The number of rotatable bonds is 12. The molecule has 1 aliphatic rings. The number of carboxylic acids is 1. The second kappa shape index (κ2) is 12.0. The van der Waals surface area contributed by atoms with Crippen molar-refractivity contribution >= 4 is 23.0 Å². The molecule has 1 unspecified atom stereocenters. The molecule has 1 aromatic carbocycles. The second-order valence-corrected chi connectivity index (χ2v) is 8.28. The van der Waals surface area contributed by atoms with Crippen molar-refractivity contribution in [2.24, 2.45) is 0 Å². The number of carbonyl (C=O) groups is 2. The smallest absolute Gasteiger partial charge is 0.303 e. The molecule has 1 saturated heterocycles. The van der Waals surface area contributed by atoms with Crippen molar-refractivity contribution in [3.63, 3.8) is 0 Å². The summed E-state index contributed by atoms with van der Waals surface area (Å²) in [6.45, 7) is 0.734. The lowest BCUT2D eigenvalue weighted by Gasteiger charge is -2.35. The third-order valence-electron chi connectivity index (χ3n) is 5.04. The molecule has 1 heterocycles. The lowest BCUT2D eigenvalue weighted by molar-refractivity contribution is -0.137. The Morgan fingerprint density at radius 3 is 2.67 bits per heavy atom. The first-order valence-corrected chi connectivity index (χ1v) is 10.9. The molecule has 0 bridgehead atoms. The quantitative estimate of drug-likeness (QED) is 0.517. The minimum Gasteiger partial charge on any atom is -0.481 e. The lowest BCUT2D eigenvalue weighted by atomic mass is 9.99. The maximum Gasteiger partial charge on any atom is 0.303 e. The highest BCUT2D eigenvalue weighted by Crippen LogP contribution is 2.27. The molecule has 27 heavy (non-hydrogen) atoms. The van der Waals surface area contributed by atoms with Crippen LogP contribution in [0.5, 0.6) is 0 Å². The summed E-state index contributed by atoms with van der Waals surface area (Å²) in [5.74, 6) is 0.111. The maximum atomic E-state index is 12.3. The van der Waals surface area contributed by atoms with Gasteiger partial charge in [0.2, 0.25) is 0 Å². The Bertz CT molecular complexity index is 581. The molecule has 1 aromatic rings. The van der Waals surface area contributed by atoms with Crippen molar-refractivity contribution in [3.05, 3.63) is 35.9 Å². The molecule has 1 fully saturated rings. The minimum absolute atomic E-state index is 0.148. The Labute approximate surface area is 166 Å². The van der Waals surface area contributed by atoms with Crippen LogP contribution in [0, 0.1) is 0 Å². The summed E-state index contributed by atoms with van der Waals surface area (Å²) in [5, 5.41) is 19.2. The molecule has 2 atom stereocenters. The summed E-state index contributed by atoms with van der Waals surface area (Å²) in [6, 6.07) is 10.2. The van der Waals surface area contributed by atoms with Gasteiger partial charge in [-0.3, -0.25) is 9.59 Å². The highest BCUT2D eigenvalue weighted by atomic mass is 32.2. The summed E-state index contributed by atoms with van der Waals surface area (Å²) < 4.78 is 0. The van der Waals surface area contributed by atoms with E-state index in [-0.39, 0.29) is 23.8 Å². The predicted octanol–water partition coefficient (Wildman–Crippen LogP) is 4.33. The molecule has 5 nitrogen and oxygen atoms in total. The van der Waals surface area contributed by atoms with Crippen LogP contribution in [0.3, 0.4) is 0 Å². The number of unbranched alkanes of at least 4 members (excludes halogenated alkanes) is 3. The molecule has 1 amide bonds. The molecule has 0 saturated carbocycles. The van der Waals surface area contributed by atoms with E-state index in [1.165, 1.54) is 11.8 Å². The van der Waals surface area contributed by atoms with E-state index < -0.39 is 5.97 Å². The van der Waals surface area contributed by atoms with Crippen molar-refractivity contribution in [3.8, 4) is 0 Å². The molecule has 0 aromatic heterocycles. The lowest BCUT2D eigenvalue weighted by Crippen LogP contribution is -2.43. The van der Waals surface area contributed by atoms with Gasteiger partial charge < -0.3 is 15.1 Å². The number of hydrogen-bond donors (Lipinski definition) is 2. The van der Waals surface area contributed by atoms with E-state index in [1.807, 2.05) is 35.2 Å². The molecule has 2 N–H and O–H groups in total. The number of nitrogens with zero attached hydrogens (tertiary/aromatic N) is 1. The van der Waals surface area contributed by atoms with Crippen molar-refractivity contribution in [2.75, 3.05) is 12.3 Å². The van der Waals surface area contributed by atoms with Gasteiger partial charge in [-0.15, -0.1) is 0 Å². The normalized spacial score (nSPS) is 18.5. The molecule has 150 valence electrons. The number of carboxylic acid groups (broad SMARTS) is 1. The Hall–Kier alpha value is -1.53. The van der Waals surface area contributed by atoms with E-state index in [0.29, 0.717) is 19.3 Å². The zero-order valence-electron chi connectivity index (χ0n) is 15.9. The molecule has 6 heteroatoms. The molecule has 1 aliphatic heterocycles. The SMILES string of the molecule is O=C(O)CCCCCCN1C(=O)SCC[C@@H]1CCC(O)Cc1ccccc1. The van der Waals surface area contributed by atoms with Crippen LogP contribution in [0.25, 0.3) is 0 Å². The fourth-order valence-electron chi connectivity index (χ4n) is 3.53. The number of benzene rings is 1. The van der Waals surface area contributed by atoms with Crippen LogP contribution < -0.4 is 0 Å². The van der Waals surface area contributed by atoms with Gasteiger partial charge in [0.1, 0.15) is 0 Å². The number of carbonyl (C=O) groups excluding carboxylic acids is 1. The van der Waals surface area contributed by atoms with Crippen LogP contribution in [-0.4, -0.2) is 50.8 Å². The summed E-state index contributed by atoms with van der Waals surface area (Å²) in [5.41, 5.74) is 1.14. The van der Waals surface area contributed by atoms with Crippen LogP contribution in [0.2, 0.25) is 0 Å². The van der Waals surface area contributed by atoms with E-state index in [9.17, 15) is 14.7 Å². The first kappa shape index (κ1) is 21.8. The number of aliphatic hydroxyl groups is 1. The van der Waals surface area contributed by atoms with Gasteiger partial charge in [0.15, 0.2) is 0 Å². The van der Waals surface area contributed by atoms with Crippen LogP contribution in [0.1, 0.15) is 56.9 Å². The summed E-state index contributed by atoms with van der Waals surface area (Å²) in [7, 11) is 0. The zero-order chi connectivity index (χ0) is 19.5. The third kappa shape index (κ3) is 8.35. The van der Waals surface area contributed by atoms with Gasteiger partial charge in [0.25, 0.3) is 5.24 Å². The Balaban J connectivity index is 1.72. The van der Waals surface area contributed by atoms with Gasteiger partial charge in [-0.1, -0.05) is 54.9 Å². The maximum absolute atomic E-state index is 12.3. The topological polar surface area (TPSA) is 77.8 Å². The van der Waals surface area contributed by atoms with Gasteiger partial charge in [-0.25, -0.2) is 0 Å². The van der Waals surface area contributed by atoms with Gasteiger partial charge in [0, 0.05) is 24.8 Å². The molecular formula is C21H31NO4S. The molecule has 0 aliphatic carbocycles. The fraction of sp³-hybridized carbons (Fsp3) is 0.619. The monoisotopic (exact) mass is 393 g/mol. The summed E-state index contributed by atoms with van der Waals surface area (Å²) in [4.78, 5) is 24.8. The number of thioether (sulfide) groups is 1. The highest BCUT2D eigenvalue weighted by Gasteiger charge is 2.28. The number of aliphatic hydroxyl groups excluding tert-OH is 1. The predicted molar refractivity (Wildman–Crippen MR) is 109 cm³/mol. The fourth-order valence-corrected chi connectivity index (χ4v) is 4.50. The Morgan fingerprint density at radius 2 is 1.93 bits per heavy atom. The third-order valence-corrected chi connectivity index (χ3v) is 5.96. The van der Waals surface area contributed by atoms with Crippen molar-refractivity contribution in [2.45, 2.75) is 69.9 Å². The number of aliphatic carboxylic acids is 1. The average molecular weight is 394 g/mol. The van der Waals surface area contributed by atoms with E-state index in [1.54, 1.807) is 0 Å². The van der Waals surface area contributed by atoms with E-state index >= 15 is 0 Å². The van der Waals surface area contributed by atoms with Crippen LogP contribution in [0.4, 0.5) is 4.79 Å². The Morgan fingerprint density at radius 1 is 1.19 bits per heavy atom. The average Bonchev–Trinajstić information content (AvgIpc) is 2.65. The zero-order valence-corrected chi connectivity index (χ0v) is 16.7. The molecular weight excluding hydrogens is 362 g/mol. The van der Waals surface area contributed by atoms with E-state index in [4.69, 9.17) is 5.11 Å². The van der Waals surface area contributed by atoms with Gasteiger partial charge in [0.05, 0.1) is 6.10 Å². The largest absolute Gasteiger partial charge is 0.481 e.